The highest BCUT2D eigenvalue weighted by molar-refractivity contribution is 5.99. The summed E-state index contributed by atoms with van der Waals surface area (Å²) in [7, 11) is 0. The third kappa shape index (κ3) is 8.40. The van der Waals surface area contributed by atoms with Crippen molar-refractivity contribution in [3.05, 3.63) is 42.0 Å². The van der Waals surface area contributed by atoms with Crippen LogP contribution in [0.25, 0.3) is 0 Å². The average molecular weight is 373 g/mol. The molecule has 1 aliphatic carbocycles. The van der Waals surface area contributed by atoms with Crippen molar-refractivity contribution in [2.45, 2.75) is 45.8 Å². The second-order valence-electron chi connectivity index (χ2n) is 7.48. The van der Waals surface area contributed by atoms with Crippen molar-refractivity contribution >= 4 is 23.6 Å². The number of nitrogens with one attached hydrogen (secondary N) is 3. The van der Waals surface area contributed by atoms with Gasteiger partial charge in [0.15, 0.2) is 0 Å². The zero-order valence-electron chi connectivity index (χ0n) is 16.0. The normalized spacial score (nSPS) is 13.9. The molecule has 27 heavy (non-hydrogen) atoms. The van der Waals surface area contributed by atoms with Crippen LogP contribution in [0.4, 0.5) is 10.5 Å². The number of anilines is 1. The van der Waals surface area contributed by atoms with E-state index < -0.39 is 11.7 Å². The quantitative estimate of drug-likeness (QED) is 0.640. The summed E-state index contributed by atoms with van der Waals surface area (Å²) in [5, 5.41) is 7.94. The van der Waals surface area contributed by atoms with Gasteiger partial charge >= 0.3 is 6.09 Å². The summed E-state index contributed by atoms with van der Waals surface area (Å²) in [5.74, 6) is -0.00866. The SMILES string of the molecule is CC(C)(C)OC(=O)NCC(=O)NCc1ccccc1NC(=O)/C=C/C1CC1. The van der Waals surface area contributed by atoms with Gasteiger partial charge in [-0.25, -0.2) is 4.79 Å². The molecule has 7 nitrogen and oxygen atoms in total. The van der Waals surface area contributed by atoms with Crippen LogP contribution in [-0.2, 0) is 20.9 Å². The van der Waals surface area contributed by atoms with E-state index in [4.69, 9.17) is 4.74 Å². The summed E-state index contributed by atoms with van der Waals surface area (Å²) in [4.78, 5) is 35.5. The van der Waals surface area contributed by atoms with E-state index in [1.807, 2.05) is 24.3 Å². The molecule has 0 radical (unpaired) electrons. The van der Waals surface area contributed by atoms with Gasteiger partial charge in [0.25, 0.3) is 0 Å². The molecule has 0 bridgehead atoms. The van der Waals surface area contributed by atoms with Crippen LogP contribution in [0.3, 0.4) is 0 Å². The molecule has 0 aromatic heterocycles. The maximum Gasteiger partial charge on any atom is 0.408 e. The van der Waals surface area contributed by atoms with Crippen LogP contribution in [0.2, 0.25) is 0 Å². The highest BCUT2D eigenvalue weighted by atomic mass is 16.6. The lowest BCUT2D eigenvalue weighted by atomic mass is 10.1. The van der Waals surface area contributed by atoms with Crippen LogP contribution in [-0.4, -0.2) is 30.1 Å². The first-order valence-corrected chi connectivity index (χ1v) is 9.03. The Morgan fingerprint density at radius 1 is 1.15 bits per heavy atom. The summed E-state index contributed by atoms with van der Waals surface area (Å²) in [5.41, 5.74) is 0.797. The second kappa shape index (κ2) is 9.21. The fourth-order valence-electron chi connectivity index (χ4n) is 2.21. The lowest BCUT2D eigenvalue weighted by Gasteiger charge is -2.19. The second-order valence-corrected chi connectivity index (χ2v) is 7.48. The number of allylic oxidation sites excluding steroid dienone is 1. The first-order chi connectivity index (χ1) is 12.7. The number of alkyl carbamates (subject to hydrolysis) is 1. The highest BCUT2D eigenvalue weighted by Gasteiger charge is 2.18. The molecule has 0 unspecified atom stereocenters. The van der Waals surface area contributed by atoms with Crippen molar-refractivity contribution in [1.29, 1.82) is 0 Å². The maximum absolute atomic E-state index is 12.0. The number of carbonyl (C=O) groups is 3. The van der Waals surface area contributed by atoms with Crippen molar-refractivity contribution < 1.29 is 19.1 Å². The van der Waals surface area contributed by atoms with E-state index in [1.165, 1.54) is 0 Å². The van der Waals surface area contributed by atoms with Crippen LogP contribution in [0.15, 0.2) is 36.4 Å². The molecular weight excluding hydrogens is 346 g/mol. The smallest absolute Gasteiger partial charge is 0.408 e. The molecule has 3 amide bonds. The minimum atomic E-state index is -0.646. The van der Waals surface area contributed by atoms with Gasteiger partial charge in [0.05, 0.1) is 0 Å². The van der Waals surface area contributed by atoms with Gasteiger partial charge in [-0.05, 0) is 57.2 Å². The van der Waals surface area contributed by atoms with Crippen molar-refractivity contribution in [3.63, 3.8) is 0 Å². The largest absolute Gasteiger partial charge is 0.444 e. The third-order valence-electron chi connectivity index (χ3n) is 3.69. The Balaban J connectivity index is 1.80. The number of para-hydroxylation sites is 1. The third-order valence-corrected chi connectivity index (χ3v) is 3.69. The first-order valence-electron chi connectivity index (χ1n) is 9.03. The molecule has 1 saturated carbocycles. The number of benzene rings is 1. The molecule has 0 aliphatic heterocycles. The van der Waals surface area contributed by atoms with E-state index in [9.17, 15) is 14.4 Å². The fourth-order valence-corrected chi connectivity index (χ4v) is 2.21. The van der Waals surface area contributed by atoms with Crippen molar-refractivity contribution in [1.82, 2.24) is 10.6 Å². The predicted octanol–water partition coefficient (Wildman–Crippen LogP) is 2.73. The molecule has 3 N–H and O–H groups in total. The molecule has 1 aromatic carbocycles. The molecule has 7 heteroatoms. The Morgan fingerprint density at radius 3 is 2.52 bits per heavy atom. The Hall–Kier alpha value is -2.83. The van der Waals surface area contributed by atoms with Gasteiger partial charge in [-0.15, -0.1) is 0 Å². The molecule has 1 aromatic rings. The predicted molar refractivity (Wildman–Crippen MR) is 103 cm³/mol. The number of hydrogen-bond acceptors (Lipinski definition) is 4. The van der Waals surface area contributed by atoms with Gasteiger partial charge in [-0.1, -0.05) is 24.3 Å². The van der Waals surface area contributed by atoms with Crippen molar-refractivity contribution in [2.24, 2.45) is 5.92 Å². The number of ether oxygens (including phenoxy) is 1. The molecule has 0 heterocycles. The van der Waals surface area contributed by atoms with Crippen molar-refractivity contribution in [2.75, 3.05) is 11.9 Å². The topological polar surface area (TPSA) is 96.5 Å². The molecule has 0 atom stereocenters. The lowest BCUT2D eigenvalue weighted by molar-refractivity contribution is -0.120. The Kier molecular flexibility index (Phi) is 6.98. The molecular formula is C20H27N3O4. The van der Waals surface area contributed by atoms with E-state index in [0.717, 1.165) is 18.4 Å². The van der Waals surface area contributed by atoms with E-state index >= 15 is 0 Å². The van der Waals surface area contributed by atoms with Gasteiger partial charge in [0, 0.05) is 12.2 Å². The molecule has 1 aliphatic rings. The van der Waals surface area contributed by atoms with Gasteiger partial charge in [-0.3, -0.25) is 9.59 Å². The number of amides is 3. The van der Waals surface area contributed by atoms with Gasteiger partial charge in [0.1, 0.15) is 12.1 Å². The van der Waals surface area contributed by atoms with Crippen LogP contribution >= 0.6 is 0 Å². The van der Waals surface area contributed by atoms with Crippen LogP contribution in [0.5, 0.6) is 0 Å². The molecule has 1 fully saturated rings. The van der Waals surface area contributed by atoms with Crippen molar-refractivity contribution in [3.8, 4) is 0 Å². The maximum atomic E-state index is 12.0. The lowest BCUT2D eigenvalue weighted by Crippen LogP contribution is -2.39. The fraction of sp³-hybridized carbons (Fsp3) is 0.450. The van der Waals surface area contributed by atoms with Crippen LogP contribution in [0.1, 0.15) is 39.2 Å². The summed E-state index contributed by atoms with van der Waals surface area (Å²) < 4.78 is 5.07. The standard InChI is InChI=1S/C20H27N3O4/c1-20(2,3)27-19(26)22-13-18(25)21-12-15-6-4-5-7-16(15)23-17(24)11-10-14-8-9-14/h4-7,10-11,14H,8-9,12-13H2,1-3H3,(H,21,25)(H,22,26)(H,23,24)/b11-10+. The Morgan fingerprint density at radius 2 is 1.85 bits per heavy atom. The number of carbonyl (C=O) groups excluding carboxylic acids is 3. The summed E-state index contributed by atoms with van der Waals surface area (Å²) in [6.45, 7) is 5.29. The average Bonchev–Trinajstić information content (AvgIpc) is 3.40. The van der Waals surface area contributed by atoms with E-state index in [-0.39, 0.29) is 24.9 Å². The monoisotopic (exact) mass is 373 g/mol. The summed E-state index contributed by atoms with van der Waals surface area (Å²) in [6.07, 6.45) is 5.11. The number of hydrogen-bond donors (Lipinski definition) is 3. The first kappa shape index (κ1) is 20.5. The van der Waals surface area contributed by atoms with E-state index in [0.29, 0.717) is 11.6 Å². The van der Waals surface area contributed by atoms with Gasteiger partial charge in [0.2, 0.25) is 11.8 Å². The molecule has 146 valence electrons. The molecule has 2 rings (SSSR count). The Bertz CT molecular complexity index is 718. The molecule has 0 saturated heterocycles. The highest BCUT2D eigenvalue weighted by Crippen LogP contribution is 2.30. The minimum absolute atomic E-state index is 0.187. The Labute approximate surface area is 159 Å². The van der Waals surface area contributed by atoms with Crippen LogP contribution < -0.4 is 16.0 Å². The number of rotatable bonds is 7. The van der Waals surface area contributed by atoms with E-state index in [2.05, 4.69) is 16.0 Å². The minimum Gasteiger partial charge on any atom is -0.444 e. The van der Waals surface area contributed by atoms with E-state index in [1.54, 1.807) is 32.9 Å². The van der Waals surface area contributed by atoms with Gasteiger partial charge < -0.3 is 20.7 Å². The summed E-state index contributed by atoms with van der Waals surface area (Å²) in [6, 6.07) is 7.25. The summed E-state index contributed by atoms with van der Waals surface area (Å²) >= 11 is 0. The van der Waals surface area contributed by atoms with Crippen LogP contribution in [0, 0.1) is 5.92 Å². The van der Waals surface area contributed by atoms with Gasteiger partial charge in [-0.2, -0.15) is 0 Å². The zero-order valence-corrected chi connectivity index (χ0v) is 16.0. The molecule has 0 spiro atoms. The zero-order chi connectivity index (χ0) is 19.9.